The van der Waals surface area contributed by atoms with E-state index < -0.39 is 0 Å². The molecule has 8 nitrogen and oxygen atoms in total. The second-order valence-electron chi connectivity index (χ2n) is 10.2. The molecule has 0 radical (unpaired) electrons. The Morgan fingerprint density at radius 1 is 0.946 bits per heavy atom. The molecule has 2 aromatic heterocycles. The lowest BCUT2D eigenvalue weighted by Crippen LogP contribution is -2.38. The molecule has 2 aliphatic heterocycles. The molecule has 1 amide bonds. The van der Waals surface area contributed by atoms with Gasteiger partial charge < -0.3 is 9.88 Å². The number of anilines is 1. The number of nitrogens with one attached hydrogen (secondary N) is 1. The first-order chi connectivity index (χ1) is 18.1. The van der Waals surface area contributed by atoms with Gasteiger partial charge in [0, 0.05) is 51.0 Å². The van der Waals surface area contributed by atoms with Crippen molar-refractivity contribution < 1.29 is 4.79 Å². The van der Waals surface area contributed by atoms with Crippen LogP contribution < -0.4 is 10.9 Å². The number of carbonyl (C=O) groups excluding carboxylic acids is 1. The van der Waals surface area contributed by atoms with Gasteiger partial charge in [0.15, 0.2) is 5.65 Å². The molecule has 6 rings (SSSR count). The van der Waals surface area contributed by atoms with Crippen LogP contribution in [0.2, 0.25) is 0 Å². The molecule has 37 heavy (non-hydrogen) atoms. The van der Waals surface area contributed by atoms with Crippen LogP contribution in [0.1, 0.15) is 45.6 Å². The summed E-state index contributed by atoms with van der Waals surface area (Å²) < 4.78 is 3.35. The molecule has 190 valence electrons. The predicted octanol–water partition coefficient (Wildman–Crippen LogP) is 3.44. The lowest BCUT2D eigenvalue weighted by molar-refractivity contribution is 0.102. The molecule has 0 unspecified atom stereocenters. The van der Waals surface area contributed by atoms with Crippen molar-refractivity contribution >= 4 is 17.2 Å². The Morgan fingerprint density at radius 2 is 1.70 bits per heavy atom. The molecule has 1 fully saturated rings. The summed E-state index contributed by atoms with van der Waals surface area (Å²) in [6, 6.07) is 18.3. The average Bonchev–Trinajstić information content (AvgIpc) is 3.59. The van der Waals surface area contributed by atoms with E-state index in [1.807, 2.05) is 48.0 Å². The van der Waals surface area contributed by atoms with Gasteiger partial charge in [0.05, 0.1) is 11.8 Å². The van der Waals surface area contributed by atoms with Crippen LogP contribution >= 0.6 is 0 Å². The number of carbonyl (C=O) groups is 1. The lowest BCUT2D eigenvalue weighted by Gasteiger charge is -2.29. The number of likely N-dealkylation sites (tertiary alicyclic amines) is 1. The highest BCUT2D eigenvalue weighted by atomic mass is 16.2. The standard InChI is InChI=1S/C29H32N6O2/c1-32-26-12-15-34(18-21-8-3-2-4-9-21)20-25(26)29(37)35-28(32)24(17-30-35)27(36)31-23-11-7-10-22(16-23)19-33-13-5-6-14-33/h2-4,7-11,16-17H,5-6,12-15,18-20H2,1H3,(H,31,36). The third-order valence-corrected chi connectivity index (χ3v) is 7.60. The normalized spacial score (nSPS) is 16.2. The molecular weight excluding hydrogens is 464 g/mol. The zero-order valence-electron chi connectivity index (χ0n) is 21.2. The van der Waals surface area contributed by atoms with Gasteiger partial charge in [0.2, 0.25) is 0 Å². The maximum atomic E-state index is 13.5. The summed E-state index contributed by atoms with van der Waals surface area (Å²) >= 11 is 0. The Balaban J connectivity index is 1.25. The minimum atomic E-state index is -0.259. The summed E-state index contributed by atoms with van der Waals surface area (Å²) in [6.45, 7) is 5.36. The topological polar surface area (TPSA) is 74.9 Å². The van der Waals surface area contributed by atoms with E-state index in [0.29, 0.717) is 17.8 Å². The van der Waals surface area contributed by atoms with Gasteiger partial charge in [-0.05, 0) is 49.2 Å². The van der Waals surface area contributed by atoms with Crippen molar-refractivity contribution in [2.45, 2.75) is 38.9 Å². The Bertz CT molecular complexity index is 1500. The zero-order valence-corrected chi connectivity index (χ0v) is 21.2. The van der Waals surface area contributed by atoms with E-state index in [9.17, 15) is 9.59 Å². The molecule has 0 aliphatic carbocycles. The highest BCUT2D eigenvalue weighted by Gasteiger charge is 2.26. The first kappa shape index (κ1) is 23.6. The van der Waals surface area contributed by atoms with Gasteiger partial charge in [-0.1, -0.05) is 42.5 Å². The number of aryl methyl sites for hydroxylation is 1. The van der Waals surface area contributed by atoms with Gasteiger partial charge in [-0.15, -0.1) is 0 Å². The molecule has 8 heteroatoms. The molecule has 2 aromatic carbocycles. The molecular formula is C29H32N6O2. The fourth-order valence-corrected chi connectivity index (χ4v) is 5.72. The summed E-state index contributed by atoms with van der Waals surface area (Å²) in [5, 5.41) is 7.37. The maximum absolute atomic E-state index is 13.5. The molecule has 0 bridgehead atoms. The van der Waals surface area contributed by atoms with Gasteiger partial charge in [-0.2, -0.15) is 9.61 Å². The summed E-state index contributed by atoms with van der Waals surface area (Å²) in [4.78, 5) is 31.5. The van der Waals surface area contributed by atoms with E-state index in [2.05, 4.69) is 38.4 Å². The number of amides is 1. The van der Waals surface area contributed by atoms with Crippen molar-refractivity contribution in [1.82, 2.24) is 24.0 Å². The lowest BCUT2D eigenvalue weighted by atomic mass is 10.1. The van der Waals surface area contributed by atoms with Gasteiger partial charge in [0.25, 0.3) is 11.5 Å². The number of hydrogen-bond acceptors (Lipinski definition) is 5. The quantitative estimate of drug-likeness (QED) is 0.443. The van der Waals surface area contributed by atoms with Crippen LogP contribution in [0.25, 0.3) is 5.65 Å². The SMILES string of the molecule is Cn1c2c(c(=O)n3ncc(C(=O)Nc4cccc(CN5CCCC5)c4)c13)CN(Cc1ccccc1)CC2. The average molecular weight is 497 g/mol. The molecule has 0 spiro atoms. The number of benzene rings is 2. The highest BCUT2D eigenvalue weighted by molar-refractivity contribution is 6.08. The Hall–Kier alpha value is -3.75. The van der Waals surface area contributed by atoms with Crippen molar-refractivity contribution in [3.8, 4) is 0 Å². The molecule has 1 saturated heterocycles. The Labute approximate surface area is 216 Å². The molecule has 0 saturated carbocycles. The molecule has 4 heterocycles. The minimum absolute atomic E-state index is 0.146. The number of aromatic nitrogens is 3. The first-order valence-electron chi connectivity index (χ1n) is 13.0. The van der Waals surface area contributed by atoms with E-state index in [0.717, 1.165) is 56.1 Å². The van der Waals surface area contributed by atoms with E-state index in [1.165, 1.54) is 34.7 Å². The van der Waals surface area contributed by atoms with Crippen molar-refractivity contribution in [2.24, 2.45) is 7.05 Å². The van der Waals surface area contributed by atoms with E-state index in [-0.39, 0.29) is 11.5 Å². The van der Waals surface area contributed by atoms with Gasteiger partial charge in [-0.3, -0.25) is 19.4 Å². The highest BCUT2D eigenvalue weighted by Crippen LogP contribution is 2.22. The van der Waals surface area contributed by atoms with Gasteiger partial charge >= 0.3 is 0 Å². The third-order valence-electron chi connectivity index (χ3n) is 7.60. The van der Waals surface area contributed by atoms with Crippen LogP contribution in [-0.4, -0.2) is 49.5 Å². The van der Waals surface area contributed by atoms with Crippen molar-refractivity contribution in [3.63, 3.8) is 0 Å². The third kappa shape index (κ3) is 4.70. The summed E-state index contributed by atoms with van der Waals surface area (Å²) in [7, 11) is 1.93. The fourth-order valence-electron chi connectivity index (χ4n) is 5.72. The molecule has 1 N–H and O–H groups in total. The predicted molar refractivity (Wildman–Crippen MR) is 144 cm³/mol. The van der Waals surface area contributed by atoms with Crippen LogP contribution in [0.5, 0.6) is 0 Å². The number of rotatable bonds is 6. The fraction of sp³-hybridized carbons (Fsp3) is 0.345. The van der Waals surface area contributed by atoms with Crippen LogP contribution in [0.15, 0.2) is 65.6 Å². The van der Waals surface area contributed by atoms with E-state index >= 15 is 0 Å². The van der Waals surface area contributed by atoms with Crippen molar-refractivity contribution in [3.05, 3.63) is 99.1 Å². The number of hydrogen-bond donors (Lipinski definition) is 1. The molecule has 4 aromatic rings. The van der Waals surface area contributed by atoms with Crippen LogP contribution in [0, 0.1) is 0 Å². The minimum Gasteiger partial charge on any atom is -0.332 e. The van der Waals surface area contributed by atoms with Crippen LogP contribution in [-0.2, 0) is 33.1 Å². The summed E-state index contributed by atoms with van der Waals surface area (Å²) in [5.41, 5.74) is 5.68. The van der Waals surface area contributed by atoms with E-state index in [4.69, 9.17) is 0 Å². The number of nitrogens with zero attached hydrogens (tertiary/aromatic N) is 5. The Kier molecular flexibility index (Phi) is 6.36. The second kappa shape index (κ2) is 9.95. The Morgan fingerprint density at radius 3 is 2.51 bits per heavy atom. The zero-order chi connectivity index (χ0) is 25.4. The molecule has 2 aliphatic rings. The van der Waals surface area contributed by atoms with Crippen LogP contribution in [0.3, 0.4) is 0 Å². The second-order valence-corrected chi connectivity index (χ2v) is 10.2. The van der Waals surface area contributed by atoms with Crippen LogP contribution in [0.4, 0.5) is 5.69 Å². The van der Waals surface area contributed by atoms with Gasteiger partial charge in [0.1, 0.15) is 5.56 Å². The van der Waals surface area contributed by atoms with Crippen molar-refractivity contribution in [1.29, 1.82) is 0 Å². The summed E-state index contributed by atoms with van der Waals surface area (Å²) in [6.07, 6.45) is 4.75. The molecule has 0 atom stereocenters. The number of fused-ring (bicyclic) bond motifs is 2. The largest absolute Gasteiger partial charge is 0.332 e. The van der Waals surface area contributed by atoms with Crippen molar-refractivity contribution in [2.75, 3.05) is 25.0 Å². The maximum Gasteiger partial charge on any atom is 0.279 e. The van der Waals surface area contributed by atoms with E-state index in [1.54, 1.807) is 0 Å². The smallest absolute Gasteiger partial charge is 0.279 e. The first-order valence-corrected chi connectivity index (χ1v) is 13.0. The monoisotopic (exact) mass is 496 g/mol. The van der Waals surface area contributed by atoms with Gasteiger partial charge in [-0.25, -0.2) is 0 Å². The summed E-state index contributed by atoms with van der Waals surface area (Å²) in [5.74, 6) is -0.259.